The molecule has 24 heavy (non-hydrogen) atoms. The van der Waals surface area contributed by atoms with Crippen molar-refractivity contribution in [3.05, 3.63) is 57.3 Å². The zero-order chi connectivity index (χ0) is 17.3. The highest BCUT2D eigenvalue weighted by Gasteiger charge is 2.15. The lowest BCUT2D eigenvalue weighted by Gasteiger charge is -2.10. The van der Waals surface area contributed by atoms with E-state index in [2.05, 4.69) is 20.6 Å². The monoisotopic (exact) mass is 363 g/mol. The summed E-state index contributed by atoms with van der Waals surface area (Å²) >= 11 is 12.5. The number of hydrogen-bond donors (Lipinski definition) is 3. The molecule has 0 aliphatic carbocycles. The van der Waals surface area contributed by atoms with Crippen molar-refractivity contribution in [2.75, 3.05) is 0 Å². The molecule has 0 saturated carbocycles. The third-order valence-electron chi connectivity index (χ3n) is 3.75. The van der Waals surface area contributed by atoms with Crippen LogP contribution in [0.15, 0.2) is 35.6 Å². The molecule has 0 amide bonds. The lowest BCUT2D eigenvalue weighted by molar-refractivity contribution is 0.709. The average Bonchev–Trinajstić information content (AvgIpc) is 2.88. The number of halogens is 2. The number of aromatic nitrogens is 3. The number of nitrogens with zero attached hydrogens (tertiary/aromatic N) is 4. The van der Waals surface area contributed by atoms with Crippen LogP contribution in [0.5, 0.6) is 0 Å². The van der Waals surface area contributed by atoms with Crippen LogP contribution in [0, 0.1) is 6.92 Å². The molecular weight excluding hydrogens is 349 g/mol. The molecule has 7 nitrogen and oxygen atoms in total. The van der Waals surface area contributed by atoms with Crippen molar-refractivity contribution < 1.29 is 0 Å². The first-order valence-corrected chi connectivity index (χ1v) is 7.81. The molecule has 5 N–H and O–H groups in total. The van der Waals surface area contributed by atoms with Crippen LogP contribution in [0.25, 0.3) is 11.0 Å². The summed E-state index contributed by atoms with van der Waals surface area (Å²) < 4.78 is 1.74. The van der Waals surface area contributed by atoms with Crippen LogP contribution in [-0.2, 0) is 6.54 Å². The number of amidine groups is 1. The van der Waals surface area contributed by atoms with Gasteiger partial charge in [0.1, 0.15) is 5.52 Å². The highest BCUT2D eigenvalue weighted by Crippen LogP contribution is 2.25. The zero-order valence-corrected chi connectivity index (χ0v) is 14.3. The number of nitrogens with two attached hydrogens (primary N) is 2. The van der Waals surface area contributed by atoms with Crippen molar-refractivity contribution >= 4 is 40.1 Å². The van der Waals surface area contributed by atoms with Gasteiger partial charge in [-0.2, -0.15) is 10.2 Å². The Morgan fingerprint density at radius 2 is 2.17 bits per heavy atom. The van der Waals surface area contributed by atoms with E-state index in [4.69, 9.17) is 34.9 Å². The fraction of sp³-hybridized carbons (Fsp3) is 0.133. The van der Waals surface area contributed by atoms with Crippen LogP contribution in [0.2, 0.25) is 10.2 Å². The van der Waals surface area contributed by atoms with E-state index in [1.54, 1.807) is 10.9 Å². The third-order valence-corrected chi connectivity index (χ3v) is 4.36. The summed E-state index contributed by atoms with van der Waals surface area (Å²) in [6.45, 7) is 2.46. The molecule has 0 atom stereocenters. The van der Waals surface area contributed by atoms with Gasteiger partial charge < -0.3 is 11.3 Å². The van der Waals surface area contributed by atoms with Crippen molar-refractivity contribution in [2.24, 2.45) is 16.8 Å². The lowest BCUT2D eigenvalue weighted by Crippen LogP contribution is -2.32. The standard InChI is InChI=1S/C15H15Cl2N7/c1-8-3-2-4-11(16)10(8)7-24-12-5-9(15(21-18)22-19)6-20-13(12)14(17)23-24/h2-6H,7,18-19H2,1H3,(H,21,22). The summed E-state index contributed by atoms with van der Waals surface area (Å²) in [5.74, 6) is 11.0. The highest BCUT2D eigenvalue weighted by molar-refractivity contribution is 6.33. The number of fused-ring (bicyclic) bond motifs is 1. The minimum Gasteiger partial charge on any atom is -0.321 e. The molecule has 3 rings (SSSR count). The summed E-state index contributed by atoms with van der Waals surface area (Å²) in [6, 6.07) is 7.57. The van der Waals surface area contributed by atoms with E-state index in [-0.39, 0.29) is 0 Å². The van der Waals surface area contributed by atoms with Crippen LogP contribution in [0.4, 0.5) is 0 Å². The number of hydrazone groups is 1. The van der Waals surface area contributed by atoms with Crippen LogP contribution in [-0.4, -0.2) is 20.6 Å². The maximum Gasteiger partial charge on any atom is 0.177 e. The minimum atomic E-state index is 0.308. The van der Waals surface area contributed by atoms with Crippen molar-refractivity contribution in [1.82, 2.24) is 20.2 Å². The third kappa shape index (κ3) is 2.89. The predicted molar refractivity (Wildman–Crippen MR) is 95.9 cm³/mol. The van der Waals surface area contributed by atoms with E-state index in [9.17, 15) is 0 Å². The first kappa shape index (κ1) is 16.5. The van der Waals surface area contributed by atoms with E-state index in [0.29, 0.717) is 33.6 Å². The van der Waals surface area contributed by atoms with E-state index in [1.807, 2.05) is 31.2 Å². The SMILES string of the molecule is Cc1cccc(Cl)c1Cn1nc(Cl)c2ncc(/C(=N/N)NN)cc21. The van der Waals surface area contributed by atoms with E-state index < -0.39 is 0 Å². The highest BCUT2D eigenvalue weighted by atomic mass is 35.5. The van der Waals surface area contributed by atoms with Crippen molar-refractivity contribution in [3.8, 4) is 0 Å². The van der Waals surface area contributed by atoms with Gasteiger partial charge in [-0.3, -0.25) is 9.67 Å². The summed E-state index contributed by atoms with van der Waals surface area (Å²) in [4.78, 5) is 4.32. The van der Waals surface area contributed by atoms with Gasteiger partial charge in [0.25, 0.3) is 0 Å². The van der Waals surface area contributed by atoms with E-state index >= 15 is 0 Å². The minimum absolute atomic E-state index is 0.308. The fourth-order valence-electron chi connectivity index (χ4n) is 2.48. The van der Waals surface area contributed by atoms with Gasteiger partial charge in [-0.15, -0.1) is 0 Å². The van der Waals surface area contributed by atoms with Crippen LogP contribution in [0.1, 0.15) is 16.7 Å². The second kappa shape index (κ2) is 6.64. The molecule has 0 unspecified atom stereocenters. The molecule has 0 aliphatic heterocycles. The molecular formula is C15H15Cl2N7. The average molecular weight is 364 g/mol. The molecule has 124 valence electrons. The maximum absolute atomic E-state index is 6.31. The van der Waals surface area contributed by atoms with Gasteiger partial charge in [0, 0.05) is 16.8 Å². The van der Waals surface area contributed by atoms with Gasteiger partial charge >= 0.3 is 0 Å². The first-order chi connectivity index (χ1) is 11.5. The second-order valence-electron chi connectivity index (χ2n) is 5.20. The van der Waals surface area contributed by atoms with E-state index in [0.717, 1.165) is 16.6 Å². The second-order valence-corrected chi connectivity index (χ2v) is 5.96. The van der Waals surface area contributed by atoms with Gasteiger partial charge in [0.15, 0.2) is 11.0 Å². The van der Waals surface area contributed by atoms with Gasteiger partial charge in [0.05, 0.1) is 12.1 Å². The molecule has 0 bridgehead atoms. The summed E-state index contributed by atoms with van der Waals surface area (Å²) in [6.07, 6.45) is 1.58. The fourth-order valence-corrected chi connectivity index (χ4v) is 3.00. The largest absolute Gasteiger partial charge is 0.321 e. The maximum atomic E-state index is 6.31. The number of pyridine rings is 1. The van der Waals surface area contributed by atoms with Crippen molar-refractivity contribution in [1.29, 1.82) is 0 Å². The Bertz CT molecular complexity index is 913. The van der Waals surface area contributed by atoms with Gasteiger partial charge in [-0.25, -0.2) is 5.84 Å². The number of hydrogen-bond acceptors (Lipinski definition) is 5. The van der Waals surface area contributed by atoms with Crippen LogP contribution < -0.4 is 17.1 Å². The Hall–Kier alpha value is -2.35. The molecule has 0 saturated heterocycles. The molecule has 3 aromatic rings. The van der Waals surface area contributed by atoms with Gasteiger partial charge in [-0.05, 0) is 30.2 Å². The number of nitrogens with one attached hydrogen (secondary N) is 1. The predicted octanol–water partition coefficient (Wildman–Crippen LogP) is 2.18. The van der Waals surface area contributed by atoms with Crippen LogP contribution in [0.3, 0.4) is 0 Å². The van der Waals surface area contributed by atoms with Crippen molar-refractivity contribution in [2.45, 2.75) is 13.5 Å². The summed E-state index contributed by atoms with van der Waals surface area (Å²) in [7, 11) is 0. The molecule has 2 aromatic heterocycles. The summed E-state index contributed by atoms with van der Waals surface area (Å²) in [5, 5.41) is 8.93. The Balaban J connectivity index is 2.12. The number of hydrazine groups is 1. The van der Waals surface area contributed by atoms with Gasteiger partial charge in [0.2, 0.25) is 0 Å². The Labute approximate surface area is 148 Å². The van der Waals surface area contributed by atoms with Crippen LogP contribution >= 0.6 is 23.2 Å². The molecule has 0 spiro atoms. The van der Waals surface area contributed by atoms with Gasteiger partial charge in [-0.1, -0.05) is 35.3 Å². The molecule has 1 aromatic carbocycles. The quantitative estimate of drug-likeness (QED) is 0.286. The molecule has 0 aliphatic rings. The number of rotatable bonds is 3. The Kier molecular flexibility index (Phi) is 4.57. The number of benzene rings is 1. The smallest absolute Gasteiger partial charge is 0.177 e. The zero-order valence-electron chi connectivity index (χ0n) is 12.8. The molecule has 0 radical (unpaired) electrons. The van der Waals surface area contributed by atoms with E-state index in [1.165, 1.54) is 0 Å². The Morgan fingerprint density at radius 1 is 1.38 bits per heavy atom. The molecule has 9 heteroatoms. The van der Waals surface area contributed by atoms with Crippen molar-refractivity contribution in [3.63, 3.8) is 0 Å². The number of aryl methyl sites for hydroxylation is 1. The normalized spacial score (nSPS) is 11.9. The molecule has 0 fully saturated rings. The Morgan fingerprint density at radius 3 is 2.83 bits per heavy atom. The summed E-state index contributed by atoms with van der Waals surface area (Å²) in [5.41, 5.74) is 6.40. The topological polar surface area (TPSA) is 107 Å². The first-order valence-electron chi connectivity index (χ1n) is 7.06. The molecule has 2 heterocycles. The lowest BCUT2D eigenvalue weighted by atomic mass is 10.1.